The highest BCUT2D eigenvalue weighted by molar-refractivity contribution is 7.60. The first kappa shape index (κ1) is 12.8. The van der Waals surface area contributed by atoms with Crippen LogP contribution in [0.4, 0.5) is 0 Å². The molecular formula is C9H19NO4P+. The van der Waals surface area contributed by atoms with Crippen molar-refractivity contribution in [1.82, 2.24) is 0 Å². The number of rotatable bonds is 3. The van der Waals surface area contributed by atoms with Crippen LogP contribution in [0.1, 0.15) is 32.6 Å². The van der Waals surface area contributed by atoms with Gasteiger partial charge in [0.25, 0.3) is 5.91 Å². The maximum Gasteiger partial charge on any atom is 0.416 e. The van der Waals surface area contributed by atoms with E-state index in [0.717, 1.165) is 25.7 Å². The van der Waals surface area contributed by atoms with Crippen molar-refractivity contribution in [2.24, 2.45) is 17.6 Å². The Labute approximate surface area is 89.9 Å². The summed E-state index contributed by atoms with van der Waals surface area (Å²) >= 11 is 0. The Kier molecular flexibility index (Phi) is 4.06. The Morgan fingerprint density at radius 1 is 1.27 bits per heavy atom. The smallest absolute Gasteiger partial charge is 0.366 e. The number of primary amides is 1. The summed E-state index contributed by atoms with van der Waals surface area (Å²) in [6.45, 7) is 2.12. The lowest BCUT2D eigenvalue weighted by molar-refractivity contribution is -0.119. The molecule has 5 nitrogen and oxygen atoms in total. The van der Waals surface area contributed by atoms with Gasteiger partial charge in [0, 0.05) is 5.92 Å². The van der Waals surface area contributed by atoms with Crippen LogP contribution < -0.4 is 5.73 Å². The highest BCUT2D eigenvalue weighted by atomic mass is 31.2. The van der Waals surface area contributed by atoms with Crippen LogP contribution in [0, 0.1) is 11.8 Å². The van der Waals surface area contributed by atoms with E-state index in [-0.39, 0.29) is 5.92 Å². The summed E-state index contributed by atoms with van der Waals surface area (Å²) in [6.07, 6.45) is 3.32. The van der Waals surface area contributed by atoms with E-state index in [1.165, 1.54) is 0 Å². The highest BCUT2D eigenvalue weighted by Crippen LogP contribution is 2.55. The van der Waals surface area contributed by atoms with Crippen LogP contribution in [0.5, 0.6) is 0 Å². The Morgan fingerprint density at radius 2 is 1.73 bits per heavy atom. The normalized spacial score (nSPS) is 29.9. The molecule has 0 heterocycles. The van der Waals surface area contributed by atoms with E-state index in [1.54, 1.807) is 0 Å². The van der Waals surface area contributed by atoms with Crippen LogP contribution in [0.2, 0.25) is 0 Å². The Balaban J connectivity index is 2.69. The van der Waals surface area contributed by atoms with Crippen LogP contribution in [0.25, 0.3) is 0 Å². The second kappa shape index (κ2) is 4.74. The minimum Gasteiger partial charge on any atom is -0.366 e. The molecule has 0 aromatic rings. The number of hydrogen-bond donors (Lipinski definition) is 4. The Bertz CT molecular complexity index is 233. The predicted octanol–water partition coefficient (Wildman–Crippen LogP) is 0.406. The third-order valence-electron chi connectivity index (χ3n) is 3.17. The number of carbonyl (C=O) groups is 1. The molecule has 1 unspecified atom stereocenters. The number of amides is 1. The van der Waals surface area contributed by atoms with Gasteiger partial charge < -0.3 is 5.73 Å². The molecule has 1 fully saturated rings. The summed E-state index contributed by atoms with van der Waals surface area (Å²) in [5.41, 5.74) is 3.92. The molecule has 0 aliphatic heterocycles. The standard InChI is InChI=1S/C9H18NO4P/c1-6-2-4-7(5-3-6)8(9(10)11)15(12,13)14/h6-8,12-14H,2-5H2,1H3,(H-,10,11)/p+1. The molecule has 15 heavy (non-hydrogen) atoms. The lowest BCUT2D eigenvalue weighted by atomic mass is 9.81. The van der Waals surface area contributed by atoms with Gasteiger partial charge in [0.05, 0.1) is 0 Å². The van der Waals surface area contributed by atoms with Crippen LogP contribution in [0.3, 0.4) is 0 Å². The molecule has 0 aromatic heterocycles. The first-order valence-corrected chi connectivity index (χ1v) is 6.90. The Morgan fingerprint density at radius 3 is 2.07 bits per heavy atom. The lowest BCUT2D eigenvalue weighted by Gasteiger charge is -2.29. The summed E-state index contributed by atoms with van der Waals surface area (Å²) in [5.74, 6) is -0.402. The van der Waals surface area contributed by atoms with Crippen molar-refractivity contribution in [1.29, 1.82) is 0 Å². The van der Waals surface area contributed by atoms with Crippen molar-refractivity contribution in [3.05, 3.63) is 0 Å². The van der Waals surface area contributed by atoms with Gasteiger partial charge >= 0.3 is 7.94 Å². The van der Waals surface area contributed by atoms with Gasteiger partial charge in [-0.2, -0.15) is 14.7 Å². The number of nitrogens with two attached hydrogens (primary N) is 1. The van der Waals surface area contributed by atoms with Gasteiger partial charge in [-0.05, 0) is 18.8 Å². The van der Waals surface area contributed by atoms with Crippen molar-refractivity contribution in [3.63, 3.8) is 0 Å². The van der Waals surface area contributed by atoms with Gasteiger partial charge in [0.2, 0.25) is 5.66 Å². The molecule has 0 aromatic carbocycles. The molecule has 1 aliphatic carbocycles. The van der Waals surface area contributed by atoms with E-state index in [1.807, 2.05) is 0 Å². The topological polar surface area (TPSA) is 104 Å². The maximum atomic E-state index is 11.1. The first-order valence-electron chi connectivity index (χ1n) is 5.18. The van der Waals surface area contributed by atoms with Crippen molar-refractivity contribution in [2.75, 3.05) is 0 Å². The molecule has 1 aliphatic rings. The summed E-state index contributed by atoms with van der Waals surface area (Å²) in [7, 11) is -4.14. The van der Waals surface area contributed by atoms with E-state index in [9.17, 15) is 19.5 Å². The molecule has 0 radical (unpaired) electrons. The van der Waals surface area contributed by atoms with Crippen molar-refractivity contribution < 1.29 is 19.5 Å². The molecule has 1 saturated carbocycles. The Hall–Kier alpha value is -0.220. The molecule has 88 valence electrons. The van der Waals surface area contributed by atoms with E-state index in [2.05, 4.69) is 6.92 Å². The van der Waals surface area contributed by atoms with Gasteiger partial charge in [0.1, 0.15) is 0 Å². The van der Waals surface area contributed by atoms with Crippen molar-refractivity contribution in [3.8, 4) is 0 Å². The van der Waals surface area contributed by atoms with Gasteiger partial charge in [-0.1, -0.05) is 19.8 Å². The molecule has 0 spiro atoms. The van der Waals surface area contributed by atoms with Crippen LogP contribution >= 0.6 is 7.94 Å². The second-order valence-electron chi connectivity index (χ2n) is 4.48. The van der Waals surface area contributed by atoms with Crippen molar-refractivity contribution >= 4 is 13.9 Å². The molecule has 0 saturated heterocycles. The fourth-order valence-corrected chi connectivity index (χ4v) is 3.49. The summed E-state index contributed by atoms with van der Waals surface area (Å²) < 4.78 is 0. The zero-order chi connectivity index (χ0) is 11.6. The molecule has 1 amide bonds. The number of hydrogen-bond acceptors (Lipinski definition) is 4. The third kappa shape index (κ3) is 3.38. The molecule has 0 bridgehead atoms. The molecule has 1 atom stereocenters. The van der Waals surface area contributed by atoms with E-state index in [0.29, 0.717) is 5.92 Å². The fraction of sp³-hybridized carbons (Fsp3) is 0.889. The predicted molar refractivity (Wildman–Crippen MR) is 57.7 cm³/mol. The fourth-order valence-electron chi connectivity index (χ4n) is 2.29. The van der Waals surface area contributed by atoms with E-state index in [4.69, 9.17) is 5.73 Å². The lowest BCUT2D eigenvalue weighted by Crippen LogP contribution is -2.38. The molecule has 6 heteroatoms. The summed E-state index contributed by atoms with van der Waals surface area (Å²) in [6, 6.07) is 0. The number of carbonyl (C=O) groups excluding carboxylic acids is 1. The van der Waals surface area contributed by atoms with Gasteiger partial charge in [-0.25, -0.2) is 0 Å². The second-order valence-corrected chi connectivity index (χ2v) is 6.27. The maximum absolute atomic E-state index is 11.1. The highest BCUT2D eigenvalue weighted by Gasteiger charge is 2.52. The quantitative estimate of drug-likeness (QED) is 0.532. The molecule has 1 rings (SSSR count). The molecular weight excluding hydrogens is 217 g/mol. The third-order valence-corrected chi connectivity index (χ3v) is 4.59. The van der Waals surface area contributed by atoms with Gasteiger partial charge in [-0.15, -0.1) is 0 Å². The van der Waals surface area contributed by atoms with E-state index < -0.39 is 19.5 Å². The van der Waals surface area contributed by atoms with Gasteiger partial charge in [-0.3, -0.25) is 4.79 Å². The largest absolute Gasteiger partial charge is 0.416 e. The monoisotopic (exact) mass is 236 g/mol. The summed E-state index contributed by atoms with van der Waals surface area (Å²) in [5, 5.41) is 0. The summed E-state index contributed by atoms with van der Waals surface area (Å²) in [4.78, 5) is 38.7. The average Bonchev–Trinajstić information content (AvgIpc) is 2.05. The first-order chi connectivity index (χ1) is 6.82. The van der Waals surface area contributed by atoms with Crippen LogP contribution in [0.15, 0.2) is 0 Å². The zero-order valence-electron chi connectivity index (χ0n) is 8.83. The average molecular weight is 236 g/mol. The van der Waals surface area contributed by atoms with Gasteiger partial charge in [0.15, 0.2) is 0 Å². The zero-order valence-corrected chi connectivity index (χ0v) is 9.73. The van der Waals surface area contributed by atoms with Crippen LogP contribution in [-0.2, 0) is 4.79 Å². The minimum atomic E-state index is -4.14. The SMILES string of the molecule is CC1CCC(C(C(N)=O)[P+](O)(O)O)CC1. The minimum absolute atomic E-state index is 0.188. The van der Waals surface area contributed by atoms with Crippen LogP contribution in [-0.4, -0.2) is 26.2 Å². The van der Waals surface area contributed by atoms with Crippen molar-refractivity contribution in [2.45, 2.75) is 38.3 Å². The molecule has 5 N–H and O–H groups in total. The van der Waals surface area contributed by atoms with E-state index >= 15 is 0 Å².